The highest BCUT2D eigenvalue weighted by Crippen LogP contribution is 2.39. The van der Waals surface area contributed by atoms with E-state index in [1.165, 1.54) is 5.57 Å². The highest BCUT2D eigenvalue weighted by atomic mass is 16.6. The average molecular weight is 359 g/mol. The molecule has 1 aliphatic carbocycles. The van der Waals surface area contributed by atoms with E-state index >= 15 is 0 Å². The van der Waals surface area contributed by atoms with Crippen LogP contribution in [0, 0.1) is 5.92 Å². The normalized spacial score (nSPS) is 25.7. The van der Waals surface area contributed by atoms with Crippen molar-refractivity contribution in [2.24, 2.45) is 5.92 Å². The van der Waals surface area contributed by atoms with Gasteiger partial charge in [-0.3, -0.25) is 0 Å². The summed E-state index contributed by atoms with van der Waals surface area (Å²) in [6.45, 7) is 13.1. The summed E-state index contributed by atoms with van der Waals surface area (Å²) in [6, 6.07) is 0. The lowest BCUT2D eigenvalue weighted by Gasteiger charge is -2.55. The fourth-order valence-electron chi connectivity index (χ4n) is 3.57. The van der Waals surface area contributed by atoms with Gasteiger partial charge in [-0.25, -0.2) is 4.79 Å². The first-order chi connectivity index (χ1) is 12.4. The predicted molar refractivity (Wildman–Crippen MR) is 108 cm³/mol. The molecule has 0 bridgehead atoms. The molecule has 0 radical (unpaired) electrons. The minimum Gasteiger partial charge on any atom is -0.445 e. The standard InChI is InChI=1S/C22H34N2O2/c1-6-19(7-2)17-26-21(25)24-15-18(3)22(24,4)13-14-23(5)16-20-11-9-8-10-12-20/h6-7,9,11-12,18H,1,8,10,13-17H2,2-5H3/b19-7+/t18?,22-/m1/s1. The Balaban J connectivity index is 1.85. The Bertz CT molecular complexity index is 605. The van der Waals surface area contributed by atoms with Gasteiger partial charge in [-0.05, 0) is 57.2 Å². The van der Waals surface area contributed by atoms with Gasteiger partial charge in [0.2, 0.25) is 0 Å². The van der Waals surface area contributed by atoms with Gasteiger partial charge in [-0.1, -0.05) is 43.9 Å². The van der Waals surface area contributed by atoms with Crippen molar-refractivity contribution in [2.75, 3.05) is 33.3 Å². The van der Waals surface area contributed by atoms with Crippen molar-refractivity contribution in [3.8, 4) is 0 Å². The number of amides is 1. The van der Waals surface area contributed by atoms with E-state index < -0.39 is 0 Å². The highest BCUT2D eigenvalue weighted by molar-refractivity contribution is 5.70. The average Bonchev–Trinajstić information content (AvgIpc) is 2.65. The zero-order valence-electron chi connectivity index (χ0n) is 16.8. The number of carbonyl (C=O) groups is 1. The van der Waals surface area contributed by atoms with Gasteiger partial charge < -0.3 is 14.5 Å². The molecular weight excluding hydrogens is 324 g/mol. The SMILES string of the molecule is C=C/C(=C\C)COC(=O)N1CC(C)[C@@]1(C)CCN(C)CC1=CCCC=C1. The monoisotopic (exact) mass is 358 g/mol. The van der Waals surface area contributed by atoms with E-state index in [0.29, 0.717) is 12.5 Å². The summed E-state index contributed by atoms with van der Waals surface area (Å²) in [5.41, 5.74) is 2.19. The Labute approximate surface area is 158 Å². The molecule has 0 aromatic rings. The lowest BCUT2D eigenvalue weighted by atomic mass is 9.74. The van der Waals surface area contributed by atoms with Crippen LogP contribution in [0.1, 0.15) is 40.0 Å². The maximum atomic E-state index is 12.5. The van der Waals surface area contributed by atoms with E-state index in [9.17, 15) is 4.79 Å². The third kappa shape index (κ3) is 4.88. The predicted octanol–water partition coefficient (Wildman–Crippen LogP) is 4.56. The molecule has 2 atom stereocenters. The molecule has 0 aromatic heterocycles. The summed E-state index contributed by atoms with van der Waals surface area (Å²) in [6.07, 6.45) is 13.5. The molecule has 4 heteroatoms. The van der Waals surface area contributed by atoms with E-state index in [4.69, 9.17) is 4.74 Å². The van der Waals surface area contributed by atoms with Crippen LogP contribution < -0.4 is 0 Å². The molecule has 2 rings (SSSR count). The highest BCUT2D eigenvalue weighted by Gasteiger charge is 2.50. The lowest BCUT2D eigenvalue weighted by molar-refractivity contribution is -0.0566. The summed E-state index contributed by atoms with van der Waals surface area (Å²) < 4.78 is 5.48. The Kier molecular flexibility index (Phi) is 7.27. The molecule has 0 aromatic carbocycles. The molecule has 4 nitrogen and oxygen atoms in total. The van der Waals surface area contributed by atoms with Crippen LogP contribution in [-0.4, -0.2) is 54.7 Å². The van der Waals surface area contributed by atoms with Gasteiger partial charge in [-0.15, -0.1) is 0 Å². The topological polar surface area (TPSA) is 32.8 Å². The molecule has 26 heavy (non-hydrogen) atoms. The van der Waals surface area contributed by atoms with Crippen molar-refractivity contribution in [1.29, 1.82) is 0 Å². The Morgan fingerprint density at radius 3 is 2.85 bits per heavy atom. The molecule has 1 aliphatic heterocycles. The van der Waals surface area contributed by atoms with Crippen LogP contribution in [0.4, 0.5) is 4.79 Å². The minimum absolute atomic E-state index is 0.133. The molecule has 1 fully saturated rings. The first-order valence-electron chi connectivity index (χ1n) is 9.67. The fourth-order valence-corrected chi connectivity index (χ4v) is 3.57. The molecule has 2 aliphatic rings. The van der Waals surface area contributed by atoms with Crippen molar-refractivity contribution in [3.63, 3.8) is 0 Å². The van der Waals surface area contributed by atoms with Gasteiger partial charge in [-0.2, -0.15) is 0 Å². The molecule has 0 spiro atoms. The lowest BCUT2D eigenvalue weighted by Crippen LogP contribution is -2.67. The van der Waals surface area contributed by atoms with Crippen molar-refractivity contribution >= 4 is 6.09 Å². The second-order valence-electron chi connectivity index (χ2n) is 7.74. The quantitative estimate of drug-likeness (QED) is 0.596. The van der Waals surface area contributed by atoms with Crippen LogP contribution >= 0.6 is 0 Å². The van der Waals surface area contributed by atoms with E-state index in [1.807, 2.05) is 17.9 Å². The van der Waals surface area contributed by atoms with Gasteiger partial charge in [0.1, 0.15) is 6.61 Å². The second kappa shape index (κ2) is 9.22. The first-order valence-corrected chi connectivity index (χ1v) is 9.67. The number of allylic oxidation sites excluding steroid dienone is 3. The first kappa shape index (κ1) is 20.5. The zero-order chi connectivity index (χ0) is 19.2. The van der Waals surface area contributed by atoms with Gasteiger partial charge >= 0.3 is 6.09 Å². The fraction of sp³-hybridized carbons (Fsp3) is 0.591. The number of nitrogens with zero attached hydrogens (tertiary/aromatic N) is 2. The summed E-state index contributed by atoms with van der Waals surface area (Å²) in [4.78, 5) is 16.7. The molecular formula is C22H34N2O2. The number of likely N-dealkylation sites (N-methyl/N-ethyl adjacent to an activating group) is 1. The molecule has 1 saturated heterocycles. The van der Waals surface area contributed by atoms with Gasteiger partial charge in [0.15, 0.2) is 0 Å². The molecule has 0 saturated carbocycles. The molecule has 0 N–H and O–H groups in total. The third-order valence-electron chi connectivity index (χ3n) is 5.87. The van der Waals surface area contributed by atoms with Crippen LogP contribution in [0.5, 0.6) is 0 Å². The van der Waals surface area contributed by atoms with Gasteiger partial charge in [0, 0.05) is 25.2 Å². The van der Waals surface area contributed by atoms with Crippen molar-refractivity contribution in [3.05, 3.63) is 48.1 Å². The van der Waals surface area contributed by atoms with E-state index in [-0.39, 0.29) is 11.6 Å². The van der Waals surface area contributed by atoms with E-state index in [0.717, 1.165) is 44.5 Å². The Hall–Kier alpha value is -1.81. The Morgan fingerprint density at radius 2 is 2.27 bits per heavy atom. The Morgan fingerprint density at radius 1 is 1.50 bits per heavy atom. The van der Waals surface area contributed by atoms with Crippen LogP contribution in [0.25, 0.3) is 0 Å². The minimum atomic E-state index is -0.215. The van der Waals surface area contributed by atoms with Crippen molar-refractivity contribution in [2.45, 2.75) is 45.6 Å². The van der Waals surface area contributed by atoms with E-state index in [2.05, 4.69) is 50.6 Å². The maximum absolute atomic E-state index is 12.5. The summed E-state index contributed by atoms with van der Waals surface area (Å²) in [7, 11) is 2.15. The zero-order valence-corrected chi connectivity index (χ0v) is 16.8. The molecule has 1 unspecified atom stereocenters. The van der Waals surface area contributed by atoms with Crippen molar-refractivity contribution < 1.29 is 9.53 Å². The van der Waals surface area contributed by atoms with Crippen LogP contribution in [0.2, 0.25) is 0 Å². The molecule has 144 valence electrons. The molecule has 1 heterocycles. The van der Waals surface area contributed by atoms with Crippen molar-refractivity contribution in [1.82, 2.24) is 9.80 Å². The summed E-state index contributed by atoms with van der Waals surface area (Å²) in [5.74, 6) is 0.484. The number of carbonyl (C=O) groups excluding carboxylic acids is 1. The maximum Gasteiger partial charge on any atom is 0.410 e. The second-order valence-corrected chi connectivity index (χ2v) is 7.74. The number of rotatable bonds is 8. The summed E-state index contributed by atoms with van der Waals surface area (Å²) in [5, 5.41) is 0. The van der Waals surface area contributed by atoms with Crippen LogP contribution in [0.3, 0.4) is 0 Å². The van der Waals surface area contributed by atoms with Gasteiger partial charge in [0.25, 0.3) is 0 Å². The van der Waals surface area contributed by atoms with Crippen LogP contribution in [0.15, 0.2) is 48.1 Å². The van der Waals surface area contributed by atoms with E-state index in [1.54, 1.807) is 6.08 Å². The summed E-state index contributed by atoms with van der Waals surface area (Å²) >= 11 is 0. The van der Waals surface area contributed by atoms with Crippen LogP contribution in [-0.2, 0) is 4.74 Å². The van der Waals surface area contributed by atoms with Gasteiger partial charge in [0.05, 0.1) is 0 Å². The molecule has 1 amide bonds. The number of likely N-dealkylation sites (tertiary alicyclic amines) is 1. The number of hydrogen-bond donors (Lipinski definition) is 0. The smallest absolute Gasteiger partial charge is 0.410 e. The number of ether oxygens (including phenoxy) is 1. The third-order valence-corrected chi connectivity index (χ3v) is 5.87. The number of hydrogen-bond acceptors (Lipinski definition) is 3. The largest absolute Gasteiger partial charge is 0.445 e.